The fourth-order valence-corrected chi connectivity index (χ4v) is 3.80. The molecule has 1 aliphatic heterocycles. The highest BCUT2D eigenvalue weighted by Crippen LogP contribution is 2.27. The summed E-state index contributed by atoms with van der Waals surface area (Å²) < 4.78 is 1.74. The standard InChI is InChI=1S/C25H23ClN4O2/c1-29(2)21-14-8-17(9-15-21)16-30-23(18-10-12-20(26)13-11-18)22(25(32)28-30)27-24(31)19-6-4-3-5-7-19/h3-16,22-23H,1-2H3,(H-,27,28,31,32)/p+1/t22-,23+/m0/s1. The molecule has 0 unspecified atom stereocenters. The normalized spacial score (nSPS) is 19.0. The van der Waals surface area contributed by atoms with Crippen LogP contribution in [0.3, 0.4) is 0 Å². The molecule has 1 aliphatic rings. The first-order valence-corrected chi connectivity index (χ1v) is 10.6. The van der Waals surface area contributed by atoms with Crippen molar-refractivity contribution >= 4 is 35.3 Å². The molecular formula is C25H24ClN4O2+. The summed E-state index contributed by atoms with van der Waals surface area (Å²) in [7, 11) is 3.96. The number of hydrogen-bond acceptors (Lipinski definition) is 3. The zero-order valence-electron chi connectivity index (χ0n) is 17.8. The summed E-state index contributed by atoms with van der Waals surface area (Å²) in [4.78, 5) is 27.7. The van der Waals surface area contributed by atoms with Gasteiger partial charge in [0.15, 0.2) is 6.04 Å². The molecule has 3 aromatic rings. The SMILES string of the molecule is CN(C)c1ccc(/C=[N+]2\NC(=O)[C@@H](NC(=O)c3ccccc3)[C@H]2c2ccc(Cl)cc2)cc1. The molecule has 1 saturated heterocycles. The van der Waals surface area contributed by atoms with E-state index in [4.69, 9.17) is 11.6 Å². The quantitative estimate of drug-likeness (QED) is 0.589. The Kier molecular flexibility index (Phi) is 6.23. The maximum Gasteiger partial charge on any atom is 0.304 e. The Hall–Kier alpha value is -3.64. The van der Waals surface area contributed by atoms with Crippen molar-refractivity contribution in [3.63, 3.8) is 0 Å². The Labute approximate surface area is 192 Å². The Morgan fingerprint density at radius 1 is 1.00 bits per heavy atom. The first kappa shape index (κ1) is 21.6. The highest BCUT2D eigenvalue weighted by Gasteiger charge is 2.47. The molecule has 0 radical (unpaired) electrons. The van der Waals surface area contributed by atoms with Gasteiger partial charge in [0, 0.05) is 41.5 Å². The molecule has 2 amide bonds. The van der Waals surface area contributed by atoms with E-state index in [1.54, 1.807) is 41.1 Å². The minimum absolute atomic E-state index is 0.282. The van der Waals surface area contributed by atoms with Crippen LogP contribution in [0.25, 0.3) is 0 Å². The number of carbonyl (C=O) groups is 2. The van der Waals surface area contributed by atoms with Crippen molar-refractivity contribution in [2.24, 2.45) is 0 Å². The van der Waals surface area contributed by atoms with E-state index in [0.29, 0.717) is 10.6 Å². The lowest BCUT2D eigenvalue weighted by atomic mass is 10.00. The molecule has 6 nitrogen and oxygen atoms in total. The molecule has 2 atom stereocenters. The molecule has 0 saturated carbocycles. The lowest BCUT2D eigenvalue weighted by Crippen LogP contribution is -2.42. The van der Waals surface area contributed by atoms with Crippen molar-refractivity contribution in [1.29, 1.82) is 0 Å². The molecule has 2 N–H and O–H groups in total. The van der Waals surface area contributed by atoms with Crippen LogP contribution in [0.1, 0.15) is 27.5 Å². The van der Waals surface area contributed by atoms with Crippen LogP contribution in [0.5, 0.6) is 0 Å². The van der Waals surface area contributed by atoms with Crippen LogP contribution >= 0.6 is 11.6 Å². The lowest BCUT2D eigenvalue weighted by molar-refractivity contribution is -0.596. The number of hydrazone groups is 1. The summed E-state index contributed by atoms with van der Waals surface area (Å²) in [6, 6.07) is 22.9. The maximum absolute atomic E-state index is 12.9. The third-order valence-corrected chi connectivity index (χ3v) is 5.62. The lowest BCUT2D eigenvalue weighted by Gasteiger charge is -2.15. The summed E-state index contributed by atoms with van der Waals surface area (Å²) >= 11 is 6.08. The Morgan fingerprint density at radius 2 is 1.66 bits per heavy atom. The van der Waals surface area contributed by atoms with Gasteiger partial charge < -0.3 is 10.2 Å². The number of hydrogen-bond donors (Lipinski definition) is 2. The summed E-state index contributed by atoms with van der Waals surface area (Å²) in [6.07, 6.45) is 1.87. The average molecular weight is 448 g/mol. The average Bonchev–Trinajstić information content (AvgIpc) is 3.09. The molecule has 0 spiro atoms. The van der Waals surface area contributed by atoms with Crippen LogP contribution in [-0.4, -0.2) is 42.9 Å². The smallest absolute Gasteiger partial charge is 0.304 e. The molecular weight excluding hydrogens is 424 g/mol. The molecule has 32 heavy (non-hydrogen) atoms. The van der Waals surface area contributed by atoms with Gasteiger partial charge in [-0.1, -0.05) is 41.9 Å². The molecule has 0 aromatic heterocycles. The van der Waals surface area contributed by atoms with Gasteiger partial charge in [0.05, 0.1) is 0 Å². The van der Waals surface area contributed by atoms with E-state index < -0.39 is 12.1 Å². The molecule has 3 aromatic carbocycles. The van der Waals surface area contributed by atoms with Crippen LogP contribution in [0.2, 0.25) is 5.02 Å². The van der Waals surface area contributed by atoms with Crippen molar-refractivity contribution < 1.29 is 14.3 Å². The maximum atomic E-state index is 12.9. The first-order chi connectivity index (χ1) is 15.4. The molecule has 4 rings (SSSR count). The molecule has 7 heteroatoms. The minimum atomic E-state index is -0.777. The molecule has 0 aliphatic carbocycles. The number of rotatable bonds is 5. The van der Waals surface area contributed by atoms with Gasteiger partial charge in [-0.2, -0.15) is 0 Å². The monoisotopic (exact) mass is 447 g/mol. The summed E-state index contributed by atoms with van der Waals surface area (Å²) in [5, 5.41) is 3.50. The van der Waals surface area contributed by atoms with Crippen molar-refractivity contribution in [1.82, 2.24) is 10.7 Å². The summed E-state index contributed by atoms with van der Waals surface area (Å²) in [5.41, 5.74) is 6.24. The first-order valence-electron chi connectivity index (χ1n) is 10.2. The minimum Gasteiger partial charge on any atom is -0.378 e. The van der Waals surface area contributed by atoms with Crippen molar-refractivity contribution in [2.45, 2.75) is 12.1 Å². The van der Waals surface area contributed by atoms with Gasteiger partial charge in [0.2, 0.25) is 12.3 Å². The van der Waals surface area contributed by atoms with Crippen LogP contribution in [-0.2, 0) is 4.79 Å². The van der Waals surface area contributed by atoms with E-state index in [2.05, 4.69) is 10.7 Å². The van der Waals surface area contributed by atoms with E-state index in [0.717, 1.165) is 16.8 Å². The second-order valence-corrected chi connectivity index (χ2v) is 8.25. The second kappa shape index (κ2) is 9.24. The van der Waals surface area contributed by atoms with Crippen molar-refractivity contribution in [3.8, 4) is 0 Å². The predicted octanol–water partition coefficient (Wildman–Crippen LogP) is 3.42. The van der Waals surface area contributed by atoms with Gasteiger partial charge in [-0.15, -0.1) is 10.1 Å². The largest absolute Gasteiger partial charge is 0.378 e. The van der Waals surface area contributed by atoms with Crippen molar-refractivity contribution in [2.75, 3.05) is 19.0 Å². The van der Waals surface area contributed by atoms with E-state index in [-0.39, 0.29) is 11.8 Å². The fraction of sp³-hybridized carbons (Fsp3) is 0.160. The summed E-state index contributed by atoms with van der Waals surface area (Å²) in [5.74, 6) is -0.586. The number of amides is 2. The Bertz CT molecular complexity index is 1140. The van der Waals surface area contributed by atoms with Crippen molar-refractivity contribution in [3.05, 3.63) is 101 Å². The van der Waals surface area contributed by atoms with Gasteiger partial charge in [0.1, 0.15) is 0 Å². The number of nitrogens with zero attached hydrogens (tertiary/aromatic N) is 2. The number of halogens is 1. The number of hydrazine groups is 1. The number of anilines is 1. The number of nitrogens with one attached hydrogen (secondary N) is 2. The zero-order valence-corrected chi connectivity index (χ0v) is 18.6. The Morgan fingerprint density at radius 3 is 2.28 bits per heavy atom. The molecule has 1 heterocycles. The van der Waals surface area contributed by atoms with Gasteiger partial charge >= 0.3 is 5.91 Å². The Balaban J connectivity index is 1.69. The van der Waals surface area contributed by atoms with Crippen LogP contribution < -0.4 is 15.6 Å². The zero-order chi connectivity index (χ0) is 22.7. The predicted molar refractivity (Wildman–Crippen MR) is 126 cm³/mol. The topological polar surface area (TPSA) is 64.5 Å². The van der Waals surface area contributed by atoms with Gasteiger partial charge in [-0.25, -0.2) is 0 Å². The number of carbonyl (C=O) groups excluding carboxylic acids is 2. The van der Waals surface area contributed by atoms with E-state index in [9.17, 15) is 9.59 Å². The van der Waals surface area contributed by atoms with Crippen LogP contribution in [0.15, 0.2) is 78.9 Å². The van der Waals surface area contributed by atoms with E-state index >= 15 is 0 Å². The third kappa shape index (κ3) is 4.65. The van der Waals surface area contributed by atoms with E-state index in [1.165, 1.54) is 0 Å². The van der Waals surface area contributed by atoms with Gasteiger partial charge in [0.25, 0.3) is 5.91 Å². The van der Waals surface area contributed by atoms with E-state index in [1.807, 2.05) is 67.7 Å². The second-order valence-electron chi connectivity index (χ2n) is 7.81. The third-order valence-electron chi connectivity index (χ3n) is 5.37. The highest BCUT2D eigenvalue weighted by atomic mass is 35.5. The van der Waals surface area contributed by atoms with Gasteiger partial charge in [-0.05, 0) is 48.5 Å². The van der Waals surface area contributed by atoms with Crippen LogP contribution in [0, 0.1) is 0 Å². The molecule has 162 valence electrons. The molecule has 0 bridgehead atoms. The highest BCUT2D eigenvalue weighted by molar-refractivity contribution is 6.30. The fourth-order valence-electron chi connectivity index (χ4n) is 3.67. The molecule has 1 fully saturated rings. The van der Waals surface area contributed by atoms with Crippen LogP contribution in [0.4, 0.5) is 5.69 Å². The summed E-state index contributed by atoms with van der Waals surface area (Å²) in [6.45, 7) is 0. The van der Waals surface area contributed by atoms with Gasteiger partial charge in [-0.3, -0.25) is 9.59 Å². The number of benzene rings is 3.